The van der Waals surface area contributed by atoms with Gasteiger partial charge in [-0.2, -0.15) is 0 Å². The van der Waals surface area contributed by atoms with Crippen LogP contribution in [0, 0.1) is 18.8 Å². The minimum Gasteiger partial charge on any atom is -0.480 e. The van der Waals surface area contributed by atoms with Gasteiger partial charge in [0.2, 0.25) is 11.8 Å². The van der Waals surface area contributed by atoms with Crippen LogP contribution < -0.4 is 5.32 Å². The molecule has 140 valence electrons. The van der Waals surface area contributed by atoms with Crippen LogP contribution in [0.25, 0.3) is 0 Å². The molecule has 1 heterocycles. The molecule has 0 aromatic heterocycles. The second-order valence-electron chi connectivity index (χ2n) is 7.45. The molecule has 1 aromatic rings. The van der Waals surface area contributed by atoms with Crippen molar-refractivity contribution in [3.63, 3.8) is 0 Å². The zero-order valence-corrected chi connectivity index (χ0v) is 15.1. The average molecular weight is 358 g/mol. The van der Waals surface area contributed by atoms with Crippen LogP contribution in [0.3, 0.4) is 0 Å². The number of carbonyl (C=O) groups excluding carboxylic acids is 2. The number of carboxylic acid groups (broad SMARTS) is 1. The third kappa shape index (κ3) is 4.06. The van der Waals surface area contributed by atoms with Gasteiger partial charge in [-0.25, -0.2) is 4.79 Å². The summed E-state index contributed by atoms with van der Waals surface area (Å²) in [4.78, 5) is 37.5. The van der Waals surface area contributed by atoms with Crippen molar-refractivity contribution in [1.29, 1.82) is 0 Å². The van der Waals surface area contributed by atoms with Crippen molar-refractivity contribution in [2.75, 3.05) is 13.1 Å². The molecule has 0 spiro atoms. The molecular formula is C20H26N2O4. The molecule has 3 rings (SSSR count). The Balaban J connectivity index is 1.47. The number of carbonyl (C=O) groups is 3. The summed E-state index contributed by atoms with van der Waals surface area (Å²) < 4.78 is 0. The number of benzene rings is 1. The lowest BCUT2D eigenvalue weighted by Gasteiger charge is -2.24. The number of hydrogen-bond donors (Lipinski definition) is 2. The van der Waals surface area contributed by atoms with E-state index < -0.39 is 12.0 Å². The lowest BCUT2D eigenvalue weighted by atomic mass is 9.94. The van der Waals surface area contributed by atoms with Crippen LogP contribution in [0.4, 0.5) is 0 Å². The van der Waals surface area contributed by atoms with Gasteiger partial charge in [0, 0.05) is 13.0 Å². The van der Waals surface area contributed by atoms with Gasteiger partial charge in [0.05, 0.1) is 6.54 Å². The summed E-state index contributed by atoms with van der Waals surface area (Å²) in [6, 6.07) is 7.27. The number of hydrogen-bond acceptors (Lipinski definition) is 3. The highest BCUT2D eigenvalue weighted by atomic mass is 16.4. The van der Waals surface area contributed by atoms with E-state index in [1.54, 1.807) is 0 Å². The highest BCUT2D eigenvalue weighted by molar-refractivity contribution is 5.88. The first kappa shape index (κ1) is 18.4. The van der Waals surface area contributed by atoms with Gasteiger partial charge in [-0.05, 0) is 43.6 Å². The van der Waals surface area contributed by atoms with Crippen LogP contribution in [0.1, 0.15) is 36.8 Å². The zero-order valence-electron chi connectivity index (χ0n) is 15.1. The number of nitrogens with zero attached hydrogens (tertiary/aromatic N) is 1. The first-order valence-electron chi connectivity index (χ1n) is 9.30. The van der Waals surface area contributed by atoms with Gasteiger partial charge in [0.15, 0.2) is 0 Å². The summed E-state index contributed by atoms with van der Waals surface area (Å²) in [5, 5.41) is 12.1. The molecule has 3 atom stereocenters. The summed E-state index contributed by atoms with van der Waals surface area (Å²) in [6.45, 7) is 2.38. The summed E-state index contributed by atoms with van der Waals surface area (Å²) in [5.74, 6) is -1.06. The molecule has 1 saturated heterocycles. The second kappa shape index (κ2) is 7.89. The number of likely N-dealkylation sites (tertiary alicyclic amines) is 1. The molecule has 6 heteroatoms. The van der Waals surface area contributed by atoms with Gasteiger partial charge >= 0.3 is 5.97 Å². The van der Waals surface area contributed by atoms with E-state index in [-0.39, 0.29) is 30.2 Å². The average Bonchev–Trinajstić information content (AvgIpc) is 3.19. The fourth-order valence-corrected chi connectivity index (χ4v) is 4.26. The Morgan fingerprint density at radius 1 is 1.19 bits per heavy atom. The van der Waals surface area contributed by atoms with Gasteiger partial charge in [-0.3, -0.25) is 9.59 Å². The number of fused-ring (bicyclic) bond motifs is 1. The van der Waals surface area contributed by atoms with Crippen molar-refractivity contribution in [2.45, 2.75) is 45.1 Å². The van der Waals surface area contributed by atoms with E-state index >= 15 is 0 Å². The highest BCUT2D eigenvalue weighted by Gasteiger charge is 2.49. The van der Waals surface area contributed by atoms with E-state index in [9.17, 15) is 19.5 Å². The summed E-state index contributed by atoms with van der Waals surface area (Å²) in [6.07, 6.45) is 3.82. The standard InChI is InChI=1S/C20H26N2O4/c1-13-5-7-14(8-6-13)9-10-17(23)21-11-18(24)22-12-15-3-2-4-16(15)19(22)20(25)26/h5-8,15-16,19H,2-4,9-12H2,1H3,(H,21,23)(H,25,26). The normalized spacial score (nSPS) is 24.3. The second-order valence-corrected chi connectivity index (χ2v) is 7.45. The van der Waals surface area contributed by atoms with E-state index in [1.165, 1.54) is 10.5 Å². The van der Waals surface area contributed by atoms with E-state index in [0.29, 0.717) is 19.4 Å². The maximum atomic E-state index is 12.5. The molecule has 2 aliphatic rings. The summed E-state index contributed by atoms with van der Waals surface area (Å²) in [5.41, 5.74) is 2.25. The van der Waals surface area contributed by atoms with Crippen molar-refractivity contribution < 1.29 is 19.5 Å². The molecule has 26 heavy (non-hydrogen) atoms. The highest BCUT2D eigenvalue weighted by Crippen LogP contribution is 2.42. The van der Waals surface area contributed by atoms with Crippen molar-refractivity contribution in [3.8, 4) is 0 Å². The number of aliphatic carboxylic acids is 1. The first-order chi connectivity index (χ1) is 12.5. The van der Waals surface area contributed by atoms with Crippen molar-refractivity contribution in [1.82, 2.24) is 10.2 Å². The molecule has 0 bridgehead atoms. The van der Waals surface area contributed by atoms with Gasteiger partial charge in [-0.15, -0.1) is 0 Å². The molecule has 1 aliphatic heterocycles. The lowest BCUT2D eigenvalue weighted by Crippen LogP contribution is -2.47. The number of carboxylic acids is 1. The number of rotatable bonds is 6. The van der Waals surface area contributed by atoms with Crippen molar-refractivity contribution >= 4 is 17.8 Å². The summed E-state index contributed by atoms with van der Waals surface area (Å²) >= 11 is 0. The van der Waals surface area contributed by atoms with Crippen LogP contribution in [0.15, 0.2) is 24.3 Å². The lowest BCUT2D eigenvalue weighted by molar-refractivity contribution is -0.149. The summed E-state index contributed by atoms with van der Waals surface area (Å²) in [7, 11) is 0. The molecule has 2 fully saturated rings. The molecular weight excluding hydrogens is 332 g/mol. The quantitative estimate of drug-likeness (QED) is 0.811. The largest absolute Gasteiger partial charge is 0.480 e. The third-order valence-electron chi connectivity index (χ3n) is 5.66. The maximum absolute atomic E-state index is 12.5. The predicted octanol–water partition coefficient (Wildman–Crippen LogP) is 1.76. The fraction of sp³-hybridized carbons (Fsp3) is 0.550. The Hall–Kier alpha value is -2.37. The minimum atomic E-state index is -0.932. The maximum Gasteiger partial charge on any atom is 0.326 e. The van der Waals surface area contributed by atoms with E-state index in [0.717, 1.165) is 24.8 Å². The minimum absolute atomic E-state index is 0.0636. The Labute approximate surface area is 153 Å². The Morgan fingerprint density at radius 3 is 2.62 bits per heavy atom. The van der Waals surface area contributed by atoms with Gasteiger partial charge < -0.3 is 15.3 Å². The van der Waals surface area contributed by atoms with Crippen LogP contribution in [0.2, 0.25) is 0 Å². The van der Waals surface area contributed by atoms with E-state index in [4.69, 9.17) is 0 Å². The van der Waals surface area contributed by atoms with E-state index in [2.05, 4.69) is 5.32 Å². The Bertz CT molecular complexity index is 686. The first-order valence-corrected chi connectivity index (χ1v) is 9.30. The molecule has 3 unspecified atom stereocenters. The number of nitrogens with one attached hydrogen (secondary N) is 1. The van der Waals surface area contributed by atoms with Crippen LogP contribution in [-0.2, 0) is 20.8 Å². The fourth-order valence-electron chi connectivity index (χ4n) is 4.26. The van der Waals surface area contributed by atoms with Crippen LogP contribution in [-0.4, -0.2) is 46.9 Å². The van der Waals surface area contributed by atoms with Crippen molar-refractivity contribution in [2.24, 2.45) is 11.8 Å². The van der Waals surface area contributed by atoms with Gasteiger partial charge in [0.1, 0.15) is 6.04 Å². The molecule has 1 aromatic carbocycles. The topological polar surface area (TPSA) is 86.7 Å². The monoisotopic (exact) mass is 358 g/mol. The molecule has 2 N–H and O–H groups in total. The predicted molar refractivity (Wildman–Crippen MR) is 96.5 cm³/mol. The number of amides is 2. The van der Waals surface area contributed by atoms with Crippen molar-refractivity contribution in [3.05, 3.63) is 35.4 Å². The molecule has 2 amide bonds. The third-order valence-corrected chi connectivity index (χ3v) is 5.66. The SMILES string of the molecule is Cc1ccc(CCC(=O)NCC(=O)N2CC3CCCC3C2C(=O)O)cc1. The van der Waals surface area contributed by atoms with Gasteiger partial charge in [0.25, 0.3) is 0 Å². The van der Waals surface area contributed by atoms with Gasteiger partial charge in [-0.1, -0.05) is 36.2 Å². The smallest absolute Gasteiger partial charge is 0.326 e. The number of aryl methyl sites for hydroxylation is 2. The molecule has 0 radical (unpaired) electrons. The molecule has 1 saturated carbocycles. The molecule has 6 nitrogen and oxygen atoms in total. The van der Waals surface area contributed by atoms with Crippen LogP contribution >= 0.6 is 0 Å². The van der Waals surface area contributed by atoms with Crippen LogP contribution in [0.5, 0.6) is 0 Å². The zero-order chi connectivity index (χ0) is 18.7. The van der Waals surface area contributed by atoms with E-state index in [1.807, 2.05) is 31.2 Å². The Morgan fingerprint density at radius 2 is 1.92 bits per heavy atom. The Kier molecular flexibility index (Phi) is 5.59. The molecule has 1 aliphatic carbocycles.